The topological polar surface area (TPSA) is 43.9 Å². The van der Waals surface area contributed by atoms with Gasteiger partial charge in [0.15, 0.2) is 0 Å². The van der Waals surface area contributed by atoms with Crippen molar-refractivity contribution < 1.29 is 8.53 Å². The van der Waals surface area contributed by atoms with Crippen molar-refractivity contribution in [2.24, 2.45) is 0 Å². The molecule has 0 saturated heterocycles. The normalized spacial score (nSPS) is 13.3. The van der Waals surface area contributed by atoms with Crippen LogP contribution in [0.4, 0.5) is 0 Å². The minimum absolute atomic E-state index is 0.235. The first-order chi connectivity index (χ1) is 25.1. The summed E-state index contributed by atoms with van der Waals surface area (Å²) < 4.78 is 33.9. The highest BCUT2D eigenvalue weighted by atomic mass is 16.3. The SMILES string of the molecule is [2H]C([2H])([2H])c1cc2cc3c(nc2c2ccccc12)oc1c(-c2nc4ccccc4n2-c2c(C(C)C)cc(-c4ccccc4)cc2C(C)C)cccc13. The molecule has 0 aliphatic rings. The van der Waals surface area contributed by atoms with Crippen molar-refractivity contribution in [3.05, 3.63) is 138 Å². The van der Waals surface area contributed by atoms with Crippen LogP contribution in [-0.4, -0.2) is 14.5 Å². The fourth-order valence-corrected chi connectivity index (χ4v) is 7.45. The Bertz CT molecular complexity index is 2820. The van der Waals surface area contributed by atoms with E-state index in [0.717, 1.165) is 49.7 Å². The van der Waals surface area contributed by atoms with E-state index >= 15 is 0 Å². The highest BCUT2D eigenvalue weighted by Gasteiger charge is 2.25. The Kier molecular flexibility index (Phi) is 5.98. The molecule has 9 aromatic rings. The van der Waals surface area contributed by atoms with Crippen LogP contribution in [0.1, 0.15) is 60.3 Å². The zero-order chi connectivity index (χ0) is 35.9. The zero-order valence-corrected chi connectivity index (χ0v) is 28.0. The molecule has 0 fully saturated rings. The third-order valence-corrected chi connectivity index (χ3v) is 9.84. The molecule has 0 N–H and O–H groups in total. The van der Waals surface area contributed by atoms with E-state index in [4.69, 9.17) is 18.5 Å². The molecule has 4 nitrogen and oxygen atoms in total. The molecular formula is C45H37N3O. The van der Waals surface area contributed by atoms with E-state index in [1.165, 1.54) is 22.3 Å². The molecular weight excluding hydrogens is 599 g/mol. The minimum atomic E-state index is -2.27. The van der Waals surface area contributed by atoms with Gasteiger partial charge in [-0.3, -0.25) is 4.57 Å². The van der Waals surface area contributed by atoms with Crippen LogP contribution in [-0.2, 0) is 0 Å². The van der Waals surface area contributed by atoms with Gasteiger partial charge in [0.2, 0.25) is 5.71 Å². The van der Waals surface area contributed by atoms with Crippen molar-refractivity contribution in [3.63, 3.8) is 0 Å². The number of rotatable bonds is 5. The van der Waals surface area contributed by atoms with E-state index in [1.807, 2.05) is 48.5 Å². The predicted octanol–water partition coefficient (Wildman–Crippen LogP) is 12.5. The summed E-state index contributed by atoms with van der Waals surface area (Å²) >= 11 is 0. The molecule has 0 amide bonds. The lowest BCUT2D eigenvalue weighted by atomic mass is 9.88. The summed E-state index contributed by atoms with van der Waals surface area (Å²) in [4.78, 5) is 10.4. The first-order valence-electron chi connectivity index (χ1n) is 18.5. The fourth-order valence-electron chi connectivity index (χ4n) is 7.45. The van der Waals surface area contributed by atoms with Gasteiger partial charge in [-0.15, -0.1) is 0 Å². The number of benzene rings is 6. The van der Waals surface area contributed by atoms with Crippen LogP contribution in [0, 0.1) is 6.85 Å². The van der Waals surface area contributed by atoms with Crippen molar-refractivity contribution in [3.8, 4) is 28.2 Å². The average molecular weight is 639 g/mol. The highest BCUT2D eigenvalue weighted by molar-refractivity contribution is 6.15. The van der Waals surface area contributed by atoms with E-state index in [0.29, 0.717) is 27.8 Å². The Labute approximate surface area is 289 Å². The van der Waals surface area contributed by atoms with Crippen LogP contribution in [0.5, 0.6) is 0 Å². The Morgan fingerprint density at radius 2 is 1.33 bits per heavy atom. The lowest BCUT2D eigenvalue weighted by molar-refractivity contribution is 0.656. The van der Waals surface area contributed by atoms with E-state index in [-0.39, 0.29) is 11.8 Å². The molecule has 0 bridgehead atoms. The quantitative estimate of drug-likeness (QED) is 0.176. The van der Waals surface area contributed by atoms with Gasteiger partial charge in [0.25, 0.3) is 0 Å². The number of nitrogens with zero attached hydrogens (tertiary/aromatic N) is 3. The molecule has 238 valence electrons. The van der Waals surface area contributed by atoms with Crippen molar-refractivity contribution in [1.82, 2.24) is 14.5 Å². The number of furan rings is 1. The molecule has 49 heavy (non-hydrogen) atoms. The zero-order valence-electron chi connectivity index (χ0n) is 31.0. The van der Waals surface area contributed by atoms with Gasteiger partial charge < -0.3 is 4.42 Å². The van der Waals surface area contributed by atoms with Crippen LogP contribution in [0.15, 0.2) is 126 Å². The minimum Gasteiger partial charge on any atom is -0.437 e. The predicted molar refractivity (Wildman–Crippen MR) is 205 cm³/mol. The van der Waals surface area contributed by atoms with Gasteiger partial charge in [-0.1, -0.05) is 107 Å². The second-order valence-electron chi connectivity index (χ2n) is 13.6. The Morgan fingerprint density at radius 3 is 2.08 bits per heavy atom. The van der Waals surface area contributed by atoms with Gasteiger partial charge in [0, 0.05) is 25.7 Å². The number of aromatic nitrogens is 3. The summed E-state index contributed by atoms with van der Waals surface area (Å²) in [5.41, 5.74) is 11.0. The van der Waals surface area contributed by atoms with Crippen molar-refractivity contribution in [2.75, 3.05) is 0 Å². The molecule has 0 radical (unpaired) electrons. The maximum atomic E-state index is 8.28. The maximum absolute atomic E-state index is 8.28. The van der Waals surface area contributed by atoms with Crippen LogP contribution >= 0.6 is 0 Å². The Morgan fingerprint density at radius 1 is 0.633 bits per heavy atom. The third kappa shape index (κ3) is 4.58. The van der Waals surface area contributed by atoms with Crippen molar-refractivity contribution in [2.45, 2.75) is 46.4 Å². The molecule has 0 atom stereocenters. The van der Waals surface area contributed by atoms with Gasteiger partial charge in [-0.05, 0) is 94.4 Å². The van der Waals surface area contributed by atoms with Crippen molar-refractivity contribution in [1.29, 1.82) is 0 Å². The molecule has 0 aliphatic carbocycles. The fraction of sp³-hybridized carbons (Fsp3) is 0.156. The molecule has 3 heterocycles. The summed E-state index contributed by atoms with van der Waals surface area (Å²) in [5, 5.41) is 3.96. The number of hydrogen-bond donors (Lipinski definition) is 0. The first kappa shape index (κ1) is 26.2. The average Bonchev–Trinajstić information content (AvgIpc) is 3.71. The molecule has 0 saturated carbocycles. The second kappa shape index (κ2) is 11.2. The number of imidazole rings is 1. The molecule has 0 unspecified atom stereocenters. The van der Waals surface area contributed by atoms with Gasteiger partial charge in [-0.2, -0.15) is 0 Å². The van der Waals surface area contributed by atoms with Gasteiger partial charge >= 0.3 is 0 Å². The summed E-state index contributed by atoms with van der Waals surface area (Å²) in [6, 6.07) is 41.1. The summed E-state index contributed by atoms with van der Waals surface area (Å²) in [6.07, 6.45) is 0. The summed E-state index contributed by atoms with van der Waals surface area (Å²) in [7, 11) is 0. The number of hydrogen-bond acceptors (Lipinski definition) is 3. The largest absolute Gasteiger partial charge is 0.437 e. The Hall–Kier alpha value is -5.74. The molecule has 0 aliphatic heterocycles. The van der Waals surface area contributed by atoms with E-state index in [2.05, 4.69) is 99.0 Å². The first-order valence-corrected chi connectivity index (χ1v) is 17.0. The number of pyridine rings is 1. The molecule has 9 rings (SSSR count). The number of fused-ring (bicyclic) bond motifs is 7. The number of aryl methyl sites for hydroxylation is 1. The highest BCUT2D eigenvalue weighted by Crippen LogP contribution is 2.43. The molecule has 0 spiro atoms. The van der Waals surface area contributed by atoms with Crippen molar-refractivity contribution >= 4 is 54.8 Å². The summed E-state index contributed by atoms with van der Waals surface area (Å²) in [6.45, 7) is 6.76. The van der Waals surface area contributed by atoms with E-state index in [1.54, 1.807) is 6.07 Å². The lowest BCUT2D eigenvalue weighted by Gasteiger charge is -2.24. The molecule has 6 aromatic carbocycles. The van der Waals surface area contributed by atoms with E-state index < -0.39 is 6.85 Å². The summed E-state index contributed by atoms with van der Waals surface area (Å²) in [5.74, 6) is 1.26. The Balaban J connectivity index is 1.35. The smallest absolute Gasteiger partial charge is 0.227 e. The molecule has 4 heteroatoms. The van der Waals surface area contributed by atoms with Gasteiger partial charge in [-0.25, -0.2) is 9.97 Å². The monoisotopic (exact) mass is 638 g/mol. The molecule has 3 aromatic heterocycles. The van der Waals surface area contributed by atoms with Gasteiger partial charge in [0.05, 0.1) is 27.8 Å². The second-order valence-corrected chi connectivity index (χ2v) is 13.6. The van der Waals surface area contributed by atoms with Gasteiger partial charge in [0.1, 0.15) is 11.4 Å². The number of para-hydroxylation sites is 3. The van der Waals surface area contributed by atoms with Crippen LogP contribution in [0.25, 0.3) is 83.0 Å². The third-order valence-electron chi connectivity index (χ3n) is 9.84. The van der Waals surface area contributed by atoms with Crippen LogP contribution < -0.4 is 0 Å². The van der Waals surface area contributed by atoms with Crippen LogP contribution in [0.2, 0.25) is 0 Å². The van der Waals surface area contributed by atoms with E-state index in [9.17, 15) is 0 Å². The van der Waals surface area contributed by atoms with Crippen LogP contribution in [0.3, 0.4) is 0 Å². The standard InChI is InChI=1S/C45H37N3O/c1-26(2)36-23-30(29-14-7-6-8-15-29)24-37(27(3)4)42(36)48-40-21-12-11-20-39(40)46-44(48)35-19-13-18-34-38-25-31-22-28(5)32-16-9-10-17-33(32)41(31)47-45(38)49-43(34)35/h6-27H,1-5H3/i5D3. The lowest BCUT2D eigenvalue weighted by Crippen LogP contribution is -2.09. The maximum Gasteiger partial charge on any atom is 0.227 e.